The van der Waals surface area contributed by atoms with Crippen LogP contribution in [0.3, 0.4) is 0 Å². The van der Waals surface area contributed by atoms with Gasteiger partial charge >= 0.3 is 0 Å². The SMILES string of the molecule is O=C(c1ccc(Cl)cc1)N1CCN(C2CCCC2O)CC1. The van der Waals surface area contributed by atoms with E-state index in [4.69, 9.17) is 11.6 Å². The number of hydrogen-bond donors (Lipinski definition) is 1. The lowest BCUT2D eigenvalue weighted by molar-refractivity contribution is 0.0315. The van der Waals surface area contributed by atoms with Crippen LogP contribution in [0.2, 0.25) is 5.02 Å². The molecule has 0 spiro atoms. The molecule has 3 rings (SSSR count). The summed E-state index contributed by atoms with van der Waals surface area (Å²) in [5.41, 5.74) is 0.689. The van der Waals surface area contributed by atoms with Crippen LogP contribution in [-0.2, 0) is 0 Å². The number of carbonyl (C=O) groups is 1. The largest absolute Gasteiger partial charge is 0.391 e. The van der Waals surface area contributed by atoms with E-state index in [-0.39, 0.29) is 18.1 Å². The van der Waals surface area contributed by atoms with Crippen LogP contribution >= 0.6 is 11.6 Å². The minimum atomic E-state index is -0.191. The summed E-state index contributed by atoms with van der Waals surface area (Å²) in [5.74, 6) is 0.0679. The van der Waals surface area contributed by atoms with Gasteiger partial charge in [-0.15, -0.1) is 0 Å². The molecule has 1 N–H and O–H groups in total. The Bertz CT molecular complexity index is 498. The lowest BCUT2D eigenvalue weighted by Gasteiger charge is -2.39. The van der Waals surface area contributed by atoms with Gasteiger partial charge in [-0.3, -0.25) is 9.69 Å². The molecule has 1 aliphatic heterocycles. The number of carbonyl (C=O) groups excluding carboxylic acids is 1. The fraction of sp³-hybridized carbons (Fsp3) is 0.562. The number of piperazine rings is 1. The molecule has 2 fully saturated rings. The maximum absolute atomic E-state index is 12.4. The topological polar surface area (TPSA) is 43.8 Å². The molecule has 1 saturated heterocycles. The second-order valence-corrected chi connectivity index (χ2v) is 6.34. The summed E-state index contributed by atoms with van der Waals surface area (Å²) in [7, 11) is 0. The highest BCUT2D eigenvalue weighted by Gasteiger charge is 2.33. The molecule has 5 heteroatoms. The van der Waals surface area contributed by atoms with Crippen LogP contribution in [0.25, 0.3) is 0 Å². The third-order valence-corrected chi connectivity index (χ3v) is 4.86. The highest BCUT2D eigenvalue weighted by Crippen LogP contribution is 2.25. The van der Waals surface area contributed by atoms with Crippen molar-refractivity contribution in [3.8, 4) is 0 Å². The highest BCUT2D eigenvalue weighted by atomic mass is 35.5. The van der Waals surface area contributed by atoms with E-state index in [1.54, 1.807) is 24.3 Å². The van der Waals surface area contributed by atoms with E-state index < -0.39 is 0 Å². The molecule has 1 heterocycles. The molecular formula is C16H21ClN2O2. The van der Waals surface area contributed by atoms with Crippen LogP contribution in [-0.4, -0.2) is 59.1 Å². The molecule has 2 atom stereocenters. The standard InChI is InChI=1S/C16H21ClN2O2/c17-13-6-4-12(5-7-13)16(21)19-10-8-18(9-11-19)14-2-1-3-15(14)20/h4-7,14-15,20H,1-3,8-11H2. The first-order valence-corrected chi connectivity index (χ1v) is 8.00. The minimum absolute atomic E-state index is 0.0679. The Morgan fingerprint density at radius 3 is 2.33 bits per heavy atom. The van der Waals surface area contributed by atoms with Gasteiger partial charge in [0.15, 0.2) is 0 Å². The van der Waals surface area contributed by atoms with Crippen LogP contribution in [0.15, 0.2) is 24.3 Å². The number of benzene rings is 1. The zero-order valence-corrected chi connectivity index (χ0v) is 12.8. The second-order valence-electron chi connectivity index (χ2n) is 5.90. The van der Waals surface area contributed by atoms with Crippen molar-refractivity contribution in [2.45, 2.75) is 31.4 Å². The van der Waals surface area contributed by atoms with Gasteiger partial charge in [-0.1, -0.05) is 11.6 Å². The van der Waals surface area contributed by atoms with Crippen molar-refractivity contribution in [2.75, 3.05) is 26.2 Å². The average molecular weight is 309 g/mol. The summed E-state index contributed by atoms with van der Waals surface area (Å²) in [6.07, 6.45) is 2.90. The summed E-state index contributed by atoms with van der Waals surface area (Å²) in [4.78, 5) is 16.6. The lowest BCUT2D eigenvalue weighted by atomic mass is 10.1. The normalized spacial score (nSPS) is 27.0. The Balaban J connectivity index is 1.58. The highest BCUT2D eigenvalue weighted by molar-refractivity contribution is 6.30. The van der Waals surface area contributed by atoms with E-state index in [1.807, 2.05) is 4.90 Å². The maximum Gasteiger partial charge on any atom is 0.253 e. The van der Waals surface area contributed by atoms with Crippen molar-refractivity contribution >= 4 is 17.5 Å². The van der Waals surface area contributed by atoms with Gasteiger partial charge in [0.25, 0.3) is 5.91 Å². The van der Waals surface area contributed by atoms with Crippen LogP contribution < -0.4 is 0 Å². The molecular weight excluding hydrogens is 288 g/mol. The Morgan fingerprint density at radius 2 is 1.76 bits per heavy atom. The number of hydrogen-bond acceptors (Lipinski definition) is 3. The number of rotatable bonds is 2. The average Bonchev–Trinajstić information content (AvgIpc) is 2.94. The first-order chi connectivity index (χ1) is 10.1. The molecule has 1 aromatic carbocycles. The van der Waals surface area contributed by atoms with E-state index in [2.05, 4.69) is 4.90 Å². The fourth-order valence-corrected chi connectivity index (χ4v) is 3.50. The van der Waals surface area contributed by atoms with Crippen LogP contribution in [0, 0.1) is 0 Å². The van der Waals surface area contributed by atoms with Gasteiger partial charge in [0.1, 0.15) is 0 Å². The first kappa shape index (κ1) is 14.8. The molecule has 1 saturated carbocycles. The van der Waals surface area contributed by atoms with E-state index in [9.17, 15) is 9.90 Å². The zero-order chi connectivity index (χ0) is 14.8. The summed E-state index contributed by atoms with van der Waals surface area (Å²) < 4.78 is 0. The summed E-state index contributed by atoms with van der Waals surface area (Å²) >= 11 is 5.85. The van der Waals surface area contributed by atoms with Crippen molar-refractivity contribution in [2.24, 2.45) is 0 Å². The van der Waals surface area contributed by atoms with E-state index in [0.717, 1.165) is 45.4 Å². The monoisotopic (exact) mass is 308 g/mol. The molecule has 1 aromatic rings. The van der Waals surface area contributed by atoms with Gasteiger partial charge in [0.05, 0.1) is 6.10 Å². The zero-order valence-electron chi connectivity index (χ0n) is 12.0. The number of halogens is 1. The Labute approximate surface area is 130 Å². The molecule has 2 unspecified atom stereocenters. The van der Waals surface area contributed by atoms with Crippen LogP contribution in [0.1, 0.15) is 29.6 Å². The number of aliphatic hydroxyl groups excluding tert-OH is 1. The van der Waals surface area contributed by atoms with Crippen LogP contribution in [0.5, 0.6) is 0 Å². The predicted molar refractivity (Wildman–Crippen MR) is 82.6 cm³/mol. The van der Waals surface area contributed by atoms with Gasteiger partial charge in [0.2, 0.25) is 0 Å². The second kappa shape index (κ2) is 6.34. The van der Waals surface area contributed by atoms with Gasteiger partial charge in [0, 0.05) is 42.8 Å². The lowest BCUT2D eigenvalue weighted by Crippen LogP contribution is -2.53. The molecule has 21 heavy (non-hydrogen) atoms. The van der Waals surface area contributed by atoms with Gasteiger partial charge in [-0.05, 0) is 43.5 Å². The van der Waals surface area contributed by atoms with Crippen molar-refractivity contribution in [3.63, 3.8) is 0 Å². The van der Waals surface area contributed by atoms with Crippen molar-refractivity contribution in [1.29, 1.82) is 0 Å². The molecule has 4 nitrogen and oxygen atoms in total. The fourth-order valence-electron chi connectivity index (χ4n) is 3.38. The summed E-state index contributed by atoms with van der Waals surface area (Å²) in [6.45, 7) is 3.15. The summed E-state index contributed by atoms with van der Waals surface area (Å²) in [6, 6.07) is 7.34. The van der Waals surface area contributed by atoms with Crippen molar-refractivity contribution in [3.05, 3.63) is 34.9 Å². The maximum atomic E-state index is 12.4. The quantitative estimate of drug-likeness (QED) is 0.909. The molecule has 0 bridgehead atoms. The van der Waals surface area contributed by atoms with E-state index in [1.165, 1.54) is 0 Å². The molecule has 1 amide bonds. The van der Waals surface area contributed by atoms with Gasteiger partial charge in [-0.25, -0.2) is 0 Å². The number of nitrogens with zero attached hydrogens (tertiary/aromatic N) is 2. The first-order valence-electron chi connectivity index (χ1n) is 7.62. The summed E-state index contributed by atoms with van der Waals surface area (Å²) in [5, 5.41) is 10.6. The third kappa shape index (κ3) is 3.23. The molecule has 0 aromatic heterocycles. The van der Waals surface area contributed by atoms with Gasteiger partial charge in [-0.2, -0.15) is 0 Å². The Kier molecular flexibility index (Phi) is 4.48. The minimum Gasteiger partial charge on any atom is -0.391 e. The number of aliphatic hydroxyl groups is 1. The van der Waals surface area contributed by atoms with Crippen molar-refractivity contribution in [1.82, 2.24) is 9.80 Å². The Hall–Kier alpha value is -1.10. The van der Waals surface area contributed by atoms with E-state index in [0.29, 0.717) is 10.6 Å². The molecule has 114 valence electrons. The van der Waals surface area contributed by atoms with Crippen molar-refractivity contribution < 1.29 is 9.90 Å². The smallest absolute Gasteiger partial charge is 0.253 e. The van der Waals surface area contributed by atoms with Crippen LogP contribution in [0.4, 0.5) is 0 Å². The Morgan fingerprint density at radius 1 is 1.10 bits per heavy atom. The molecule has 0 radical (unpaired) electrons. The third-order valence-electron chi connectivity index (χ3n) is 4.61. The van der Waals surface area contributed by atoms with E-state index >= 15 is 0 Å². The van der Waals surface area contributed by atoms with Gasteiger partial charge < -0.3 is 10.0 Å². The molecule has 2 aliphatic rings. The number of amides is 1. The molecule has 1 aliphatic carbocycles. The predicted octanol–water partition coefficient (Wildman–Crippen LogP) is 2.01.